The first-order chi connectivity index (χ1) is 36.8. The molecular formula is C70H54N3OP. The fourth-order valence-electron chi connectivity index (χ4n) is 13.4. The third-order valence-electron chi connectivity index (χ3n) is 16.8. The third kappa shape index (κ3) is 7.57. The lowest BCUT2D eigenvalue weighted by Crippen LogP contribution is -2.34. The highest BCUT2D eigenvalue weighted by Gasteiger charge is 2.52. The molecule has 1 aromatic heterocycles. The zero-order valence-electron chi connectivity index (χ0n) is 42.1. The van der Waals surface area contributed by atoms with Gasteiger partial charge in [0.1, 0.15) is 7.14 Å². The monoisotopic (exact) mass is 983 g/mol. The van der Waals surface area contributed by atoms with E-state index in [0.717, 1.165) is 44.8 Å². The Morgan fingerprint density at radius 2 is 0.693 bits per heavy atom. The molecule has 0 spiro atoms. The summed E-state index contributed by atoms with van der Waals surface area (Å²) in [4.78, 5) is 16.0. The van der Waals surface area contributed by atoms with Crippen molar-refractivity contribution in [2.45, 2.75) is 31.1 Å². The summed E-state index contributed by atoms with van der Waals surface area (Å²) in [7, 11) is -2.38. The predicted octanol–water partition coefficient (Wildman–Crippen LogP) is 17.8. The van der Waals surface area contributed by atoms with Crippen LogP contribution in [-0.2, 0) is 9.98 Å². The van der Waals surface area contributed by atoms with Crippen molar-refractivity contribution in [2.75, 3.05) is 13.3 Å². The zero-order chi connectivity index (χ0) is 50.3. The number of aromatic nitrogens is 3. The van der Waals surface area contributed by atoms with Gasteiger partial charge in [0.15, 0.2) is 17.5 Å². The second-order valence-corrected chi connectivity index (χ2v) is 24.5. The smallest absolute Gasteiger partial charge is 0.165 e. The van der Waals surface area contributed by atoms with Gasteiger partial charge in [-0.15, -0.1) is 0 Å². The van der Waals surface area contributed by atoms with Gasteiger partial charge >= 0.3 is 0 Å². The SMILES string of the molecule is CP(C)(=O)c1ccc(-c2c3ccccc3c(-c3ccc(C4(c5ccc(-c6nc(-c7ccccc7)nc(-c7c8ccccc8c(-c8ccccc8)c8ccccc78)n6)cc5)CC5CCC4C5)cc3)c3ccccc23)cc1. The van der Waals surface area contributed by atoms with E-state index in [4.69, 9.17) is 15.0 Å². The lowest BCUT2D eigenvalue weighted by atomic mass is 9.64. The Kier molecular flexibility index (Phi) is 10.9. The molecule has 2 fully saturated rings. The van der Waals surface area contributed by atoms with Crippen molar-refractivity contribution in [3.8, 4) is 67.5 Å². The van der Waals surface area contributed by atoms with Gasteiger partial charge in [0.2, 0.25) is 0 Å². The summed E-state index contributed by atoms with van der Waals surface area (Å²) in [5.74, 6) is 3.25. The summed E-state index contributed by atoms with van der Waals surface area (Å²) in [5.41, 5.74) is 12.8. The molecule has 0 saturated heterocycles. The molecule has 0 aliphatic heterocycles. The molecule has 0 N–H and O–H groups in total. The van der Waals surface area contributed by atoms with Gasteiger partial charge in [-0.05, 0) is 132 Å². The highest BCUT2D eigenvalue weighted by atomic mass is 31.2. The molecule has 2 bridgehead atoms. The molecule has 2 aliphatic rings. The number of hydrogen-bond donors (Lipinski definition) is 0. The molecule has 1 heterocycles. The maximum absolute atomic E-state index is 13.0. The quantitative estimate of drug-likeness (QED) is 0.107. The maximum Gasteiger partial charge on any atom is 0.165 e. The van der Waals surface area contributed by atoms with Crippen LogP contribution in [0.3, 0.4) is 0 Å². The lowest BCUT2D eigenvalue weighted by Gasteiger charge is -2.39. The summed E-state index contributed by atoms with van der Waals surface area (Å²) in [5, 5.41) is 10.3. The van der Waals surface area contributed by atoms with Gasteiger partial charge in [0, 0.05) is 27.4 Å². The van der Waals surface area contributed by atoms with E-state index in [1.54, 1.807) is 0 Å². The highest BCUT2D eigenvalue weighted by Crippen LogP contribution is 2.60. The van der Waals surface area contributed by atoms with Crippen LogP contribution in [0.2, 0.25) is 0 Å². The van der Waals surface area contributed by atoms with Crippen molar-refractivity contribution in [3.63, 3.8) is 0 Å². The number of hydrogen-bond acceptors (Lipinski definition) is 4. The Morgan fingerprint density at radius 1 is 0.360 bits per heavy atom. The molecule has 360 valence electrons. The van der Waals surface area contributed by atoms with Crippen LogP contribution in [-0.4, -0.2) is 28.3 Å². The summed E-state index contributed by atoms with van der Waals surface area (Å²) in [6, 6.07) is 83.4. The maximum atomic E-state index is 13.0. The van der Waals surface area contributed by atoms with Crippen molar-refractivity contribution in [2.24, 2.45) is 11.8 Å². The van der Waals surface area contributed by atoms with Gasteiger partial charge in [-0.1, -0.05) is 237 Å². The Bertz CT molecular complexity index is 4110. The van der Waals surface area contributed by atoms with Crippen molar-refractivity contribution < 1.29 is 4.57 Å². The first kappa shape index (κ1) is 45.3. The first-order valence-corrected chi connectivity index (χ1v) is 29.0. The van der Waals surface area contributed by atoms with E-state index < -0.39 is 7.14 Å². The van der Waals surface area contributed by atoms with Crippen LogP contribution in [0, 0.1) is 11.8 Å². The summed E-state index contributed by atoms with van der Waals surface area (Å²) < 4.78 is 13.0. The van der Waals surface area contributed by atoms with Crippen molar-refractivity contribution in [1.82, 2.24) is 15.0 Å². The predicted molar refractivity (Wildman–Crippen MR) is 314 cm³/mol. The standard InChI is InChI=1S/C70H54N3OP/c1-75(2,74)54-41-34-48(35-42-54)65-57-23-11-9-21-55(57)64(56-22-10-12-24-58(56)65)47-30-37-51(38-31-47)70(44-45-29-36-53(70)43-45)52-39-32-50(33-40-52)68-71-67(49-19-7-4-8-20-49)72-69(73-68)66-61-27-15-13-25-59(61)63(46-17-5-3-6-18-46)60-26-14-16-28-62(60)66/h3-28,30-35,37-42,45,53H,29,36,43-44H2,1-2H3. The zero-order valence-corrected chi connectivity index (χ0v) is 43.0. The minimum atomic E-state index is -2.38. The fraction of sp³-hybridized carbons (Fsp3) is 0.129. The van der Waals surface area contributed by atoms with Crippen molar-refractivity contribution in [3.05, 3.63) is 242 Å². The second kappa shape index (κ2) is 18.0. The third-order valence-corrected chi connectivity index (χ3v) is 18.3. The average molecular weight is 984 g/mol. The molecule has 0 amide bonds. The van der Waals surface area contributed by atoms with Crippen LogP contribution in [0.1, 0.15) is 36.8 Å². The van der Waals surface area contributed by atoms with Crippen LogP contribution >= 0.6 is 7.14 Å². The number of benzene rings is 11. The minimum Gasteiger partial charge on any atom is -0.319 e. The van der Waals surface area contributed by atoms with E-state index in [0.29, 0.717) is 29.3 Å². The molecule has 11 aromatic carbocycles. The van der Waals surface area contributed by atoms with Gasteiger partial charge in [-0.25, -0.2) is 15.0 Å². The summed E-state index contributed by atoms with van der Waals surface area (Å²) in [6.45, 7) is 3.68. The van der Waals surface area contributed by atoms with E-state index in [9.17, 15) is 4.57 Å². The van der Waals surface area contributed by atoms with Crippen LogP contribution < -0.4 is 5.30 Å². The molecule has 5 heteroatoms. The van der Waals surface area contributed by atoms with Gasteiger partial charge < -0.3 is 4.57 Å². The highest BCUT2D eigenvalue weighted by molar-refractivity contribution is 7.70. The fourth-order valence-corrected chi connectivity index (χ4v) is 14.3. The summed E-state index contributed by atoms with van der Waals surface area (Å²) in [6.07, 6.45) is 4.95. The van der Waals surface area contributed by atoms with E-state index in [1.807, 2.05) is 31.5 Å². The lowest BCUT2D eigenvalue weighted by molar-refractivity contribution is 0.320. The van der Waals surface area contributed by atoms with Gasteiger partial charge in [-0.3, -0.25) is 0 Å². The van der Waals surface area contributed by atoms with E-state index in [-0.39, 0.29) is 5.41 Å². The Labute approximate surface area is 438 Å². The van der Waals surface area contributed by atoms with Gasteiger partial charge in [0.25, 0.3) is 0 Å². The van der Waals surface area contributed by atoms with Crippen molar-refractivity contribution >= 4 is 55.5 Å². The topological polar surface area (TPSA) is 55.7 Å². The molecule has 3 unspecified atom stereocenters. The van der Waals surface area contributed by atoms with Gasteiger partial charge in [-0.2, -0.15) is 0 Å². The van der Waals surface area contributed by atoms with E-state index >= 15 is 0 Å². The minimum absolute atomic E-state index is 0.0983. The van der Waals surface area contributed by atoms with Crippen molar-refractivity contribution in [1.29, 1.82) is 0 Å². The molecule has 4 nitrogen and oxygen atoms in total. The molecule has 0 radical (unpaired) electrons. The molecule has 2 aliphatic carbocycles. The Hall–Kier alpha value is -8.30. The molecule has 3 atom stereocenters. The molecule has 14 rings (SSSR count). The second-order valence-electron chi connectivity index (χ2n) is 21.3. The Balaban J connectivity index is 0.877. The molecular weight excluding hydrogens is 930 g/mol. The molecule has 2 saturated carbocycles. The number of rotatable bonds is 9. The van der Waals surface area contributed by atoms with E-state index in [1.165, 1.54) is 90.5 Å². The Morgan fingerprint density at radius 3 is 1.08 bits per heavy atom. The molecule has 12 aromatic rings. The average Bonchev–Trinajstić information content (AvgIpc) is 4.11. The van der Waals surface area contributed by atoms with Crippen LogP contribution in [0.4, 0.5) is 0 Å². The first-order valence-electron chi connectivity index (χ1n) is 26.4. The molecule has 75 heavy (non-hydrogen) atoms. The summed E-state index contributed by atoms with van der Waals surface area (Å²) >= 11 is 0. The van der Waals surface area contributed by atoms with E-state index in [2.05, 4.69) is 212 Å². The number of fused-ring (bicyclic) bond motifs is 6. The largest absolute Gasteiger partial charge is 0.319 e. The van der Waals surface area contributed by atoms with Crippen LogP contribution in [0.15, 0.2) is 231 Å². The van der Waals surface area contributed by atoms with Crippen LogP contribution in [0.25, 0.3) is 111 Å². The van der Waals surface area contributed by atoms with Crippen LogP contribution in [0.5, 0.6) is 0 Å². The van der Waals surface area contributed by atoms with Gasteiger partial charge in [0.05, 0.1) is 0 Å². The normalized spacial score (nSPS) is 17.4. The number of nitrogens with zero attached hydrogens (tertiary/aromatic N) is 3.